The predicted molar refractivity (Wildman–Crippen MR) is 127 cm³/mol. The van der Waals surface area contributed by atoms with Crippen LogP contribution in [0.25, 0.3) is 5.65 Å². The van der Waals surface area contributed by atoms with Gasteiger partial charge in [-0.05, 0) is 37.5 Å². The minimum Gasteiger partial charge on any atom is -0.396 e. The van der Waals surface area contributed by atoms with Crippen molar-refractivity contribution in [3.8, 4) is 0 Å². The highest BCUT2D eigenvalue weighted by Gasteiger charge is 2.23. The number of aryl methyl sites for hydroxylation is 1. The second-order valence-corrected chi connectivity index (χ2v) is 8.68. The molecule has 4 rings (SSSR count). The molecule has 2 amide bonds. The summed E-state index contributed by atoms with van der Waals surface area (Å²) >= 11 is 0. The van der Waals surface area contributed by atoms with Crippen molar-refractivity contribution < 1.29 is 14.7 Å². The molecule has 1 fully saturated rings. The normalized spacial score (nSPS) is 15.5. The Bertz CT molecular complexity index is 1150. The molecule has 3 aromatic rings. The quantitative estimate of drug-likeness (QED) is 0.532. The van der Waals surface area contributed by atoms with Crippen LogP contribution < -0.4 is 15.5 Å². The molecule has 0 saturated carbocycles. The van der Waals surface area contributed by atoms with Gasteiger partial charge in [-0.1, -0.05) is 19.1 Å². The van der Waals surface area contributed by atoms with Crippen LogP contribution in [0.3, 0.4) is 0 Å². The SMILES string of the molecule is CC(=O)NC1CCN(c2cc(NC(=O)c3ccc([C@@H](C)CO)cc3)nc3cc(C)nn23)CC1. The third-order valence-electron chi connectivity index (χ3n) is 6.01. The molecule has 3 heterocycles. The van der Waals surface area contributed by atoms with Gasteiger partial charge in [0.05, 0.1) is 5.69 Å². The maximum atomic E-state index is 12.9. The number of aliphatic hydroxyl groups is 1. The van der Waals surface area contributed by atoms with Crippen LogP contribution in [0.4, 0.5) is 11.6 Å². The van der Waals surface area contributed by atoms with E-state index in [1.54, 1.807) is 23.6 Å². The summed E-state index contributed by atoms with van der Waals surface area (Å²) in [5, 5.41) is 19.8. The largest absolute Gasteiger partial charge is 0.396 e. The molecule has 9 heteroatoms. The molecule has 0 aliphatic carbocycles. The first-order valence-electron chi connectivity index (χ1n) is 11.3. The lowest BCUT2D eigenvalue weighted by molar-refractivity contribution is -0.119. The van der Waals surface area contributed by atoms with Crippen molar-refractivity contribution in [2.45, 2.75) is 45.6 Å². The van der Waals surface area contributed by atoms with Crippen molar-refractivity contribution in [3.63, 3.8) is 0 Å². The third-order valence-corrected chi connectivity index (χ3v) is 6.01. The molecule has 174 valence electrons. The van der Waals surface area contributed by atoms with E-state index in [1.165, 1.54) is 0 Å². The van der Waals surface area contributed by atoms with Gasteiger partial charge in [0.25, 0.3) is 5.91 Å². The number of carbonyl (C=O) groups excluding carboxylic acids is 2. The van der Waals surface area contributed by atoms with Gasteiger partial charge in [0.1, 0.15) is 11.6 Å². The van der Waals surface area contributed by atoms with Crippen LogP contribution in [0.15, 0.2) is 36.4 Å². The molecule has 0 bridgehead atoms. The molecule has 0 spiro atoms. The summed E-state index contributed by atoms with van der Waals surface area (Å²) < 4.78 is 1.80. The van der Waals surface area contributed by atoms with Crippen molar-refractivity contribution in [1.29, 1.82) is 0 Å². The fraction of sp³-hybridized carbons (Fsp3) is 0.417. The number of benzene rings is 1. The molecule has 1 aromatic carbocycles. The molecule has 1 aliphatic rings. The van der Waals surface area contributed by atoms with Crippen LogP contribution in [0, 0.1) is 6.92 Å². The molecule has 33 heavy (non-hydrogen) atoms. The zero-order valence-corrected chi connectivity index (χ0v) is 19.2. The number of hydrogen-bond acceptors (Lipinski definition) is 6. The second-order valence-electron chi connectivity index (χ2n) is 8.68. The van der Waals surface area contributed by atoms with Crippen molar-refractivity contribution in [3.05, 3.63) is 53.2 Å². The first-order valence-corrected chi connectivity index (χ1v) is 11.3. The molecular weight excluding hydrogens is 420 g/mol. The summed E-state index contributed by atoms with van der Waals surface area (Å²) in [6, 6.07) is 11.1. The van der Waals surface area contributed by atoms with Gasteiger partial charge in [-0.15, -0.1) is 0 Å². The van der Waals surface area contributed by atoms with Gasteiger partial charge in [-0.2, -0.15) is 9.61 Å². The number of fused-ring (bicyclic) bond motifs is 1. The fourth-order valence-electron chi connectivity index (χ4n) is 4.16. The van der Waals surface area contributed by atoms with Crippen LogP contribution in [0.1, 0.15) is 54.2 Å². The molecule has 3 N–H and O–H groups in total. The fourth-order valence-corrected chi connectivity index (χ4v) is 4.16. The number of nitrogens with zero attached hydrogens (tertiary/aromatic N) is 4. The first kappa shape index (κ1) is 22.7. The number of nitrogens with one attached hydrogen (secondary N) is 2. The van der Waals surface area contributed by atoms with Gasteiger partial charge in [0.2, 0.25) is 5.91 Å². The maximum absolute atomic E-state index is 12.9. The van der Waals surface area contributed by atoms with Gasteiger partial charge in [0, 0.05) is 56.3 Å². The molecule has 1 saturated heterocycles. The van der Waals surface area contributed by atoms with Crippen molar-refractivity contribution in [2.75, 3.05) is 29.9 Å². The highest BCUT2D eigenvalue weighted by molar-refractivity contribution is 6.04. The van der Waals surface area contributed by atoms with Gasteiger partial charge in [-0.3, -0.25) is 9.59 Å². The summed E-state index contributed by atoms with van der Waals surface area (Å²) in [6.07, 6.45) is 1.67. The van der Waals surface area contributed by atoms with Gasteiger partial charge in [0.15, 0.2) is 5.65 Å². The zero-order chi connectivity index (χ0) is 23.5. The highest BCUT2D eigenvalue weighted by atomic mass is 16.3. The van der Waals surface area contributed by atoms with E-state index in [9.17, 15) is 14.7 Å². The summed E-state index contributed by atoms with van der Waals surface area (Å²) in [7, 11) is 0. The van der Waals surface area contributed by atoms with Crippen LogP contribution >= 0.6 is 0 Å². The lowest BCUT2D eigenvalue weighted by atomic mass is 10.0. The Kier molecular flexibility index (Phi) is 6.60. The number of anilines is 2. The van der Waals surface area contributed by atoms with Gasteiger partial charge >= 0.3 is 0 Å². The number of amides is 2. The summed E-state index contributed by atoms with van der Waals surface area (Å²) in [5.41, 5.74) is 3.01. The molecule has 1 aliphatic heterocycles. The van der Waals surface area contributed by atoms with Crippen LogP contribution in [-0.2, 0) is 4.79 Å². The average molecular weight is 451 g/mol. The Morgan fingerprint density at radius 2 is 1.88 bits per heavy atom. The average Bonchev–Trinajstić information content (AvgIpc) is 3.18. The van der Waals surface area contributed by atoms with E-state index < -0.39 is 0 Å². The summed E-state index contributed by atoms with van der Waals surface area (Å²) in [5.74, 6) is 1.08. The number of hydrogen-bond donors (Lipinski definition) is 3. The predicted octanol–water partition coefficient (Wildman–Crippen LogP) is 2.49. The monoisotopic (exact) mass is 450 g/mol. The van der Waals surface area contributed by atoms with E-state index in [-0.39, 0.29) is 30.4 Å². The number of piperidine rings is 1. The standard InChI is InChI=1S/C24H30N6O3/c1-15(14-31)18-4-6-19(7-5-18)24(33)27-21-13-23(30-22(26-21)12-16(2)28-30)29-10-8-20(9-11-29)25-17(3)32/h4-7,12-13,15,20,31H,8-11,14H2,1-3H3,(H,25,32)(H,26,27,33)/t15-/m0/s1. The van der Waals surface area contributed by atoms with Crippen LogP contribution in [0.2, 0.25) is 0 Å². The lowest BCUT2D eigenvalue weighted by Gasteiger charge is -2.33. The van der Waals surface area contributed by atoms with E-state index in [4.69, 9.17) is 0 Å². The molecule has 9 nitrogen and oxygen atoms in total. The minimum absolute atomic E-state index is 0.00805. The Labute approximate surface area is 192 Å². The van der Waals surface area contributed by atoms with E-state index in [0.717, 1.165) is 43.0 Å². The number of rotatable bonds is 6. The minimum atomic E-state index is -0.249. The number of carbonyl (C=O) groups is 2. The number of aliphatic hydroxyl groups excluding tert-OH is 1. The first-order chi connectivity index (χ1) is 15.8. The molecule has 0 unspecified atom stereocenters. The third kappa shape index (κ3) is 5.14. The van der Waals surface area contributed by atoms with E-state index in [0.29, 0.717) is 17.0 Å². The van der Waals surface area contributed by atoms with Gasteiger partial charge in [-0.25, -0.2) is 4.98 Å². The molecule has 1 atom stereocenters. The second kappa shape index (κ2) is 9.58. The summed E-state index contributed by atoms with van der Waals surface area (Å²) in [4.78, 5) is 31.0. The Balaban J connectivity index is 1.55. The Hall–Kier alpha value is -3.46. The van der Waals surface area contributed by atoms with Crippen LogP contribution in [0.5, 0.6) is 0 Å². The lowest BCUT2D eigenvalue weighted by Crippen LogP contribution is -2.44. The maximum Gasteiger partial charge on any atom is 0.256 e. The van der Waals surface area contributed by atoms with E-state index in [1.807, 2.05) is 38.1 Å². The van der Waals surface area contributed by atoms with Crippen molar-refractivity contribution >= 4 is 29.1 Å². The topological polar surface area (TPSA) is 112 Å². The number of aromatic nitrogens is 3. The zero-order valence-electron chi connectivity index (χ0n) is 19.2. The van der Waals surface area contributed by atoms with E-state index in [2.05, 4.69) is 25.6 Å². The van der Waals surface area contributed by atoms with Crippen molar-refractivity contribution in [1.82, 2.24) is 19.9 Å². The molecule has 2 aromatic heterocycles. The molecule has 0 radical (unpaired) electrons. The Morgan fingerprint density at radius 3 is 2.52 bits per heavy atom. The van der Waals surface area contributed by atoms with Gasteiger partial charge < -0.3 is 20.6 Å². The summed E-state index contributed by atoms with van der Waals surface area (Å²) in [6.45, 7) is 6.98. The molecular formula is C24H30N6O3. The smallest absolute Gasteiger partial charge is 0.256 e. The van der Waals surface area contributed by atoms with E-state index >= 15 is 0 Å². The van der Waals surface area contributed by atoms with Crippen molar-refractivity contribution in [2.24, 2.45) is 0 Å². The highest BCUT2D eigenvalue weighted by Crippen LogP contribution is 2.25. The van der Waals surface area contributed by atoms with Crippen LogP contribution in [-0.4, -0.2) is 57.3 Å². The Morgan fingerprint density at radius 1 is 1.18 bits per heavy atom.